The number of rotatable bonds is 16. The number of benzene rings is 1. The maximum atomic E-state index is 12.5. The number of hydrogen-bond donors (Lipinski definition) is 2. The van der Waals surface area contributed by atoms with E-state index in [0.29, 0.717) is 18.8 Å². The molecule has 0 fully saturated rings. The first-order valence-corrected chi connectivity index (χ1v) is 11.6. The first kappa shape index (κ1) is 24.6. The van der Waals surface area contributed by atoms with Crippen LogP contribution in [0.15, 0.2) is 39.9 Å². The summed E-state index contributed by atoms with van der Waals surface area (Å²) in [5.41, 5.74) is 0.286. The highest BCUT2D eigenvalue weighted by Gasteiger charge is 2.29. The zero-order valence-corrected chi connectivity index (χ0v) is 18.9. The average molecular weight is 429 g/mol. The molecule has 0 saturated carbocycles. The monoisotopic (exact) mass is 428 g/mol. The molecule has 6 heteroatoms. The molecule has 1 atom stereocenters. The van der Waals surface area contributed by atoms with Crippen molar-refractivity contribution in [2.24, 2.45) is 0 Å². The minimum Gasteiger partial charge on any atom is -0.480 e. The van der Waals surface area contributed by atoms with E-state index in [1.807, 2.05) is 35.2 Å². The van der Waals surface area contributed by atoms with Gasteiger partial charge in [-0.25, -0.2) is 4.79 Å². The minimum absolute atomic E-state index is 0.166. The topological polar surface area (TPSA) is 86.7 Å². The Kier molecular flexibility index (Phi) is 10.3. The van der Waals surface area contributed by atoms with Gasteiger partial charge in [-0.15, -0.1) is 0 Å². The zero-order chi connectivity index (χ0) is 22.6. The van der Waals surface area contributed by atoms with E-state index >= 15 is 0 Å². The molecule has 1 unspecified atom stereocenters. The molecule has 2 rings (SSSR count). The molecule has 0 saturated heterocycles. The van der Waals surface area contributed by atoms with Gasteiger partial charge in [0.05, 0.1) is 0 Å². The van der Waals surface area contributed by atoms with E-state index < -0.39 is 22.9 Å². The van der Waals surface area contributed by atoms with Gasteiger partial charge in [0.1, 0.15) is 17.4 Å². The van der Waals surface area contributed by atoms with E-state index in [1.54, 1.807) is 0 Å². The summed E-state index contributed by atoms with van der Waals surface area (Å²) in [4.78, 5) is 38.7. The van der Waals surface area contributed by atoms with Crippen molar-refractivity contribution < 1.29 is 9.90 Å². The Hall–Kier alpha value is -2.63. The number of carboxylic acids is 1. The van der Waals surface area contributed by atoms with Crippen LogP contribution in [0.4, 0.5) is 11.4 Å². The Morgan fingerprint density at radius 1 is 0.903 bits per heavy atom. The quantitative estimate of drug-likeness (QED) is 0.305. The highest BCUT2D eigenvalue weighted by molar-refractivity contribution is 5.83. The normalized spacial score (nSPS) is 12.1. The number of anilines is 2. The van der Waals surface area contributed by atoms with E-state index in [2.05, 4.69) is 19.2 Å². The van der Waals surface area contributed by atoms with E-state index in [-0.39, 0.29) is 12.1 Å². The van der Waals surface area contributed by atoms with Gasteiger partial charge in [-0.05, 0) is 18.4 Å². The Balaban J connectivity index is 2.17. The van der Waals surface area contributed by atoms with Gasteiger partial charge in [0.15, 0.2) is 0 Å². The van der Waals surface area contributed by atoms with Crippen LogP contribution in [-0.2, 0) is 11.2 Å². The smallest absolute Gasteiger partial charge is 0.326 e. The number of nitrogens with one attached hydrogen (secondary N) is 1. The second kappa shape index (κ2) is 12.9. The van der Waals surface area contributed by atoms with Gasteiger partial charge in [0.2, 0.25) is 0 Å². The van der Waals surface area contributed by atoms with Gasteiger partial charge in [-0.2, -0.15) is 0 Å². The van der Waals surface area contributed by atoms with E-state index in [0.717, 1.165) is 56.9 Å². The van der Waals surface area contributed by atoms with Crippen molar-refractivity contribution >= 4 is 17.3 Å². The van der Waals surface area contributed by atoms with Crippen LogP contribution in [-0.4, -0.2) is 30.2 Å². The Morgan fingerprint density at radius 2 is 1.48 bits per heavy atom. The van der Waals surface area contributed by atoms with Crippen molar-refractivity contribution in [2.75, 3.05) is 23.3 Å². The molecule has 0 spiro atoms. The zero-order valence-electron chi connectivity index (χ0n) is 18.9. The molecule has 0 heterocycles. The third-order valence-corrected chi connectivity index (χ3v) is 5.66. The van der Waals surface area contributed by atoms with E-state index in [9.17, 15) is 19.5 Å². The maximum absolute atomic E-state index is 12.5. The fourth-order valence-electron chi connectivity index (χ4n) is 3.83. The van der Waals surface area contributed by atoms with Crippen LogP contribution in [0.3, 0.4) is 0 Å². The third kappa shape index (κ3) is 7.23. The fourth-order valence-corrected chi connectivity index (χ4v) is 3.83. The van der Waals surface area contributed by atoms with Crippen molar-refractivity contribution in [3.05, 3.63) is 56.3 Å². The summed E-state index contributed by atoms with van der Waals surface area (Å²) < 4.78 is 0. The number of hydrogen-bond acceptors (Lipinski definition) is 5. The Bertz CT molecular complexity index is 859. The molecule has 0 aromatic heterocycles. The summed E-state index contributed by atoms with van der Waals surface area (Å²) in [7, 11) is 0. The van der Waals surface area contributed by atoms with Gasteiger partial charge < -0.3 is 15.3 Å². The first-order valence-electron chi connectivity index (χ1n) is 11.6. The second-order valence-electron chi connectivity index (χ2n) is 8.22. The van der Waals surface area contributed by atoms with Crippen LogP contribution < -0.4 is 21.1 Å². The van der Waals surface area contributed by atoms with Gasteiger partial charge in [-0.3, -0.25) is 9.59 Å². The molecule has 0 aliphatic rings. The summed E-state index contributed by atoms with van der Waals surface area (Å²) >= 11 is 0. The lowest BCUT2D eigenvalue weighted by Gasteiger charge is -2.29. The summed E-state index contributed by atoms with van der Waals surface area (Å²) in [6.07, 6.45) is 8.82. The molecule has 0 amide bonds. The highest BCUT2D eigenvalue weighted by Crippen LogP contribution is 2.23. The Morgan fingerprint density at radius 3 is 2.00 bits per heavy atom. The van der Waals surface area contributed by atoms with Crippen LogP contribution in [0.2, 0.25) is 0 Å². The number of carbonyl (C=O) groups is 1. The molecular formula is C25H36N2O4. The number of nitrogens with zero attached hydrogens (tertiary/aromatic N) is 1. The molecule has 0 radical (unpaired) electrons. The van der Waals surface area contributed by atoms with Crippen molar-refractivity contribution in [3.8, 4) is 0 Å². The molecule has 170 valence electrons. The maximum Gasteiger partial charge on any atom is 0.326 e. The molecule has 6 nitrogen and oxygen atoms in total. The molecule has 2 aromatic rings. The molecule has 0 aliphatic heterocycles. The van der Waals surface area contributed by atoms with Gasteiger partial charge >= 0.3 is 5.97 Å². The third-order valence-electron chi connectivity index (χ3n) is 5.66. The van der Waals surface area contributed by atoms with Crippen LogP contribution in [0.5, 0.6) is 0 Å². The lowest BCUT2D eigenvalue weighted by Crippen LogP contribution is -2.46. The number of carboxylic acid groups (broad SMARTS) is 1. The van der Waals surface area contributed by atoms with Gasteiger partial charge in [-0.1, -0.05) is 82.7 Å². The number of unbranched alkanes of at least 4 members (excludes halogenated alkanes) is 6. The molecule has 0 bridgehead atoms. The fraction of sp³-hybridized carbons (Fsp3) is 0.560. The SMILES string of the molecule is CCCCCCN(CCCCCC)c1c(NC(Cc2ccccc2)C(=O)O)c(=O)c1=O. The van der Waals surface area contributed by atoms with Crippen LogP contribution in [0.1, 0.15) is 70.8 Å². The molecular weight excluding hydrogens is 392 g/mol. The lowest BCUT2D eigenvalue weighted by molar-refractivity contribution is -0.137. The van der Waals surface area contributed by atoms with Crippen LogP contribution in [0.25, 0.3) is 0 Å². The van der Waals surface area contributed by atoms with Crippen molar-refractivity contribution in [1.29, 1.82) is 0 Å². The molecule has 2 N–H and O–H groups in total. The van der Waals surface area contributed by atoms with E-state index in [4.69, 9.17) is 0 Å². The van der Waals surface area contributed by atoms with E-state index in [1.165, 1.54) is 0 Å². The first-order chi connectivity index (χ1) is 15.0. The Labute approximate surface area is 185 Å². The highest BCUT2D eigenvalue weighted by atomic mass is 16.4. The predicted octanol–water partition coefficient (Wildman–Crippen LogP) is 4.36. The van der Waals surface area contributed by atoms with Crippen LogP contribution in [0, 0.1) is 0 Å². The summed E-state index contributed by atoms with van der Waals surface area (Å²) in [6.45, 7) is 5.73. The summed E-state index contributed by atoms with van der Waals surface area (Å²) in [6, 6.07) is 8.32. The van der Waals surface area contributed by atoms with Crippen molar-refractivity contribution in [3.63, 3.8) is 0 Å². The average Bonchev–Trinajstić information content (AvgIpc) is 2.78. The standard InChI is InChI=1S/C25H36N2O4/c1-3-5-7-12-16-27(17-13-8-6-4-2)22-21(23(28)24(22)29)26-20(25(30)31)18-19-14-10-9-11-15-19/h9-11,14-15,20,26H,3-8,12-13,16-18H2,1-2H3,(H,30,31). The number of aliphatic carboxylic acids is 1. The molecule has 2 aromatic carbocycles. The van der Waals surface area contributed by atoms with Gasteiger partial charge in [0.25, 0.3) is 10.9 Å². The van der Waals surface area contributed by atoms with Crippen molar-refractivity contribution in [2.45, 2.75) is 77.7 Å². The predicted molar refractivity (Wildman–Crippen MR) is 127 cm³/mol. The minimum atomic E-state index is -1.04. The second-order valence-corrected chi connectivity index (χ2v) is 8.22. The van der Waals surface area contributed by atoms with Crippen LogP contribution >= 0.6 is 0 Å². The lowest BCUT2D eigenvalue weighted by atomic mass is 10.0. The summed E-state index contributed by atoms with van der Waals surface area (Å²) in [5.74, 6) is -1.04. The molecule has 0 aliphatic carbocycles. The van der Waals surface area contributed by atoms with Crippen molar-refractivity contribution in [1.82, 2.24) is 0 Å². The van der Waals surface area contributed by atoms with Gasteiger partial charge in [0, 0.05) is 19.5 Å². The summed E-state index contributed by atoms with van der Waals surface area (Å²) in [5, 5.41) is 12.6. The largest absolute Gasteiger partial charge is 0.480 e. The molecule has 31 heavy (non-hydrogen) atoms.